The number of hydrogen-bond donors (Lipinski definition) is 1. The molecule has 0 fully saturated rings. The van der Waals surface area contributed by atoms with Crippen LogP contribution in [-0.2, 0) is 23.9 Å². The number of carbonyl (C=O) groups excluding carboxylic acids is 5. The first-order valence-corrected chi connectivity index (χ1v) is 21.8. The monoisotopic (exact) mass is 910 g/mol. The van der Waals surface area contributed by atoms with Crippen LogP contribution in [0.4, 0.5) is 5.69 Å². The van der Waals surface area contributed by atoms with E-state index in [2.05, 4.69) is 30.3 Å². The van der Waals surface area contributed by atoms with Gasteiger partial charge in [0.2, 0.25) is 0 Å². The van der Waals surface area contributed by atoms with Gasteiger partial charge in [-0.05, 0) is 160 Å². The van der Waals surface area contributed by atoms with Crippen LogP contribution in [0.2, 0.25) is 0 Å². The number of nitrogens with zero attached hydrogens (tertiary/aromatic N) is 1. The van der Waals surface area contributed by atoms with E-state index in [0.29, 0.717) is 66.1 Å². The Morgan fingerprint density at radius 3 is 1.57 bits per heavy atom. The van der Waals surface area contributed by atoms with Crippen LogP contribution in [-0.4, -0.2) is 62.5 Å². The summed E-state index contributed by atoms with van der Waals surface area (Å²) in [6.45, 7) is 13.6. The van der Waals surface area contributed by atoms with E-state index in [1.54, 1.807) is 73.7 Å². The third-order valence-electron chi connectivity index (χ3n) is 9.78. The molecule has 0 heterocycles. The summed E-state index contributed by atoms with van der Waals surface area (Å²) in [6, 6.07) is 28.5. The highest BCUT2D eigenvalue weighted by molar-refractivity contribution is 5.95. The predicted octanol–water partition coefficient (Wildman–Crippen LogP) is 10.5. The second-order valence-corrected chi connectivity index (χ2v) is 15.1. The quantitative estimate of drug-likeness (QED) is 0.0132. The van der Waals surface area contributed by atoms with Crippen LogP contribution in [0, 0.1) is 0 Å². The smallest absolute Gasteiger partial charge is 0.343 e. The molecule has 348 valence electrons. The molecule has 5 aromatic carbocycles. The molecular weight excluding hydrogens is 857 g/mol. The number of hydrazone groups is 1. The minimum Gasteiger partial charge on any atom is -0.494 e. The number of benzene rings is 5. The van der Waals surface area contributed by atoms with Gasteiger partial charge in [0.1, 0.15) is 28.7 Å². The zero-order valence-corrected chi connectivity index (χ0v) is 37.5. The summed E-state index contributed by atoms with van der Waals surface area (Å²) >= 11 is 0. The molecule has 14 heteroatoms. The molecule has 1 N–H and O–H groups in total. The second-order valence-electron chi connectivity index (χ2n) is 15.1. The van der Waals surface area contributed by atoms with Crippen molar-refractivity contribution < 1.29 is 57.1 Å². The molecule has 5 aromatic rings. The van der Waals surface area contributed by atoms with E-state index in [1.165, 1.54) is 24.4 Å². The molecule has 0 aliphatic rings. The van der Waals surface area contributed by atoms with Gasteiger partial charge in [0.15, 0.2) is 0 Å². The fourth-order valence-electron chi connectivity index (χ4n) is 6.17. The van der Waals surface area contributed by atoms with Gasteiger partial charge in [-0.25, -0.2) is 24.0 Å². The molecule has 0 saturated carbocycles. The first-order valence-electron chi connectivity index (χ1n) is 21.8. The van der Waals surface area contributed by atoms with Crippen molar-refractivity contribution in [2.75, 3.05) is 31.9 Å². The number of carbonyl (C=O) groups is 5. The van der Waals surface area contributed by atoms with E-state index < -0.39 is 29.8 Å². The molecule has 0 unspecified atom stereocenters. The van der Waals surface area contributed by atoms with Gasteiger partial charge in [0.25, 0.3) is 0 Å². The molecule has 0 radical (unpaired) electrons. The van der Waals surface area contributed by atoms with Crippen molar-refractivity contribution in [1.82, 2.24) is 0 Å². The molecule has 14 nitrogen and oxygen atoms in total. The molecule has 0 bridgehead atoms. The van der Waals surface area contributed by atoms with Gasteiger partial charge >= 0.3 is 29.8 Å². The van der Waals surface area contributed by atoms with Crippen LogP contribution in [0.5, 0.6) is 28.7 Å². The minimum atomic E-state index is -0.632. The van der Waals surface area contributed by atoms with Crippen LogP contribution in [0.3, 0.4) is 0 Å². The molecule has 0 aliphatic heterocycles. The fourth-order valence-corrected chi connectivity index (χ4v) is 6.17. The van der Waals surface area contributed by atoms with Crippen LogP contribution >= 0.6 is 0 Å². The topological polar surface area (TPSA) is 174 Å². The molecule has 0 aromatic heterocycles. The standard InChI is InChI=1S/C53H54N2O12/c1-5-49(56)63-31-13-9-7-11-29-61-44-22-16-38(17-23-44)52(59)66-47-27-28-48(67-53(60)39-18-24-45(25-19-39)62-30-12-8-10-14-32-64-50(57)6-2)42(35-47)36-54-55-43-21-15-41-34-46(26-20-40(41)33-43)65-51(58)37(3)4/h5-6,15-28,33-36,55H,1-3,7-14,29-32H2,4H3/b54-36+. The number of ether oxygens (including phenoxy) is 7. The maximum Gasteiger partial charge on any atom is 0.343 e. The Bertz CT molecular complexity index is 2550. The van der Waals surface area contributed by atoms with Crippen molar-refractivity contribution in [3.05, 3.63) is 157 Å². The van der Waals surface area contributed by atoms with Gasteiger partial charge in [-0.1, -0.05) is 31.9 Å². The third-order valence-corrected chi connectivity index (χ3v) is 9.78. The first-order chi connectivity index (χ1) is 32.5. The molecule has 0 aliphatic carbocycles. The van der Waals surface area contributed by atoms with Crippen molar-refractivity contribution in [2.24, 2.45) is 5.10 Å². The normalized spacial score (nSPS) is 10.7. The van der Waals surface area contributed by atoms with Crippen LogP contribution in [0.25, 0.3) is 10.8 Å². The molecule has 0 saturated heterocycles. The van der Waals surface area contributed by atoms with Crippen molar-refractivity contribution in [3.63, 3.8) is 0 Å². The average Bonchev–Trinajstić information content (AvgIpc) is 3.33. The number of rotatable bonds is 27. The van der Waals surface area contributed by atoms with Gasteiger partial charge in [-0.2, -0.15) is 5.10 Å². The van der Waals surface area contributed by atoms with E-state index in [-0.39, 0.29) is 17.1 Å². The number of anilines is 1. The summed E-state index contributed by atoms with van der Waals surface area (Å²) in [7, 11) is 0. The maximum atomic E-state index is 13.4. The van der Waals surface area contributed by atoms with E-state index in [9.17, 15) is 24.0 Å². The molecule has 67 heavy (non-hydrogen) atoms. The number of esters is 5. The van der Waals surface area contributed by atoms with Crippen LogP contribution in [0.15, 0.2) is 146 Å². The van der Waals surface area contributed by atoms with Gasteiger partial charge < -0.3 is 33.2 Å². The summed E-state index contributed by atoms with van der Waals surface area (Å²) in [6.07, 6.45) is 10.5. The number of nitrogens with one attached hydrogen (secondary N) is 1. The zero-order chi connectivity index (χ0) is 47.8. The van der Waals surface area contributed by atoms with Crippen molar-refractivity contribution in [3.8, 4) is 28.7 Å². The largest absolute Gasteiger partial charge is 0.494 e. The summed E-state index contributed by atoms with van der Waals surface area (Å²) in [5.74, 6) is -0.683. The van der Waals surface area contributed by atoms with Gasteiger partial charge in [0, 0.05) is 23.3 Å². The van der Waals surface area contributed by atoms with Gasteiger partial charge in [0.05, 0.1) is 49.5 Å². The van der Waals surface area contributed by atoms with Gasteiger partial charge in [-0.3, -0.25) is 5.43 Å². The summed E-state index contributed by atoms with van der Waals surface area (Å²) in [5, 5.41) is 6.09. The Kier molecular flexibility index (Phi) is 19.9. The Morgan fingerprint density at radius 1 is 0.537 bits per heavy atom. The Hall–Kier alpha value is -8.00. The van der Waals surface area contributed by atoms with Crippen molar-refractivity contribution in [2.45, 2.75) is 58.3 Å². The molecular formula is C53H54N2O12. The second kappa shape index (κ2) is 26.7. The number of unbranched alkanes of at least 4 members (excludes halogenated alkanes) is 6. The Morgan fingerprint density at radius 2 is 1.01 bits per heavy atom. The van der Waals surface area contributed by atoms with Crippen molar-refractivity contribution in [1.29, 1.82) is 0 Å². The molecule has 0 amide bonds. The van der Waals surface area contributed by atoms with E-state index in [4.69, 9.17) is 33.2 Å². The first kappa shape index (κ1) is 50.0. The highest BCUT2D eigenvalue weighted by Crippen LogP contribution is 2.27. The molecule has 0 atom stereocenters. The van der Waals surface area contributed by atoms with E-state index in [1.807, 2.05) is 18.2 Å². The summed E-state index contributed by atoms with van der Waals surface area (Å²) < 4.78 is 38.6. The lowest BCUT2D eigenvalue weighted by Gasteiger charge is -2.11. The average molecular weight is 911 g/mol. The predicted molar refractivity (Wildman–Crippen MR) is 255 cm³/mol. The SMILES string of the molecule is C=CC(=O)OCCCCCCOc1ccc(C(=O)Oc2ccc(OC(=O)c3ccc(OCCCCCCOC(=O)C=C)cc3)c(/C=N/Nc3ccc4cc(OC(=O)C(=C)C)ccc4c3)c2)cc1. The summed E-state index contributed by atoms with van der Waals surface area (Å²) in [4.78, 5) is 60.9. The molecule has 5 rings (SSSR count). The number of fused-ring (bicyclic) bond motifs is 1. The van der Waals surface area contributed by atoms with E-state index >= 15 is 0 Å². The van der Waals surface area contributed by atoms with Crippen molar-refractivity contribution >= 4 is 52.5 Å². The maximum absolute atomic E-state index is 13.4. The van der Waals surface area contributed by atoms with E-state index in [0.717, 1.165) is 74.3 Å². The summed E-state index contributed by atoms with van der Waals surface area (Å²) in [5.41, 5.74) is 4.83. The van der Waals surface area contributed by atoms with Crippen LogP contribution in [0.1, 0.15) is 84.6 Å². The Labute approximate surface area is 389 Å². The highest BCUT2D eigenvalue weighted by atomic mass is 16.6. The highest BCUT2D eigenvalue weighted by Gasteiger charge is 2.16. The fraction of sp³-hybridized carbons (Fsp3) is 0.245. The van der Waals surface area contributed by atoms with Gasteiger partial charge in [-0.15, -0.1) is 0 Å². The Balaban J connectivity index is 1.21. The lowest BCUT2D eigenvalue weighted by Crippen LogP contribution is -2.11. The lowest BCUT2D eigenvalue weighted by molar-refractivity contribution is -0.138. The van der Waals surface area contributed by atoms with Crippen LogP contribution < -0.4 is 29.1 Å². The zero-order valence-electron chi connectivity index (χ0n) is 37.5. The lowest BCUT2D eigenvalue weighted by atomic mass is 10.1. The minimum absolute atomic E-state index is 0.155. The number of hydrogen-bond acceptors (Lipinski definition) is 14. The third kappa shape index (κ3) is 17.1. The molecule has 0 spiro atoms.